The fraction of sp³-hybridized carbons (Fsp3) is 0.571. The molecule has 0 spiro atoms. The summed E-state index contributed by atoms with van der Waals surface area (Å²) in [5, 5.41) is 8.64. The molecule has 0 radical (unpaired) electrons. The number of hydrogen-bond donors (Lipinski definition) is 1. The van der Waals surface area contributed by atoms with Crippen LogP contribution in [0.15, 0.2) is 0 Å². The van der Waals surface area contributed by atoms with Crippen LogP contribution in [0.4, 0.5) is 0 Å². The van der Waals surface area contributed by atoms with E-state index in [9.17, 15) is 0 Å². The van der Waals surface area contributed by atoms with Gasteiger partial charge in [-0.1, -0.05) is 5.92 Å². The lowest BCUT2D eigenvalue weighted by Crippen LogP contribution is -2.12. The van der Waals surface area contributed by atoms with Gasteiger partial charge in [0, 0.05) is 0 Å². The van der Waals surface area contributed by atoms with Crippen molar-refractivity contribution in [2.24, 2.45) is 0 Å². The molecule has 0 unspecified atom stereocenters. The Kier molecular flexibility index (Phi) is 7.05. The minimum Gasteiger partial charge on any atom is -0.482 e. The Morgan fingerprint density at radius 1 is 1.64 bits per heavy atom. The first-order chi connectivity index (χ1) is 5.31. The molecule has 0 aromatic rings. The van der Waals surface area contributed by atoms with E-state index in [0.29, 0.717) is 5.05 Å². The van der Waals surface area contributed by atoms with Crippen LogP contribution in [0, 0.1) is 12.3 Å². The molecule has 0 aliphatic carbocycles. The van der Waals surface area contributed by atoms with Gasteiger partial charge in [0.25, 0.3) is 0 Å². The van der Waals surface area contributed by atoms with Gasteiger partial charge in [0.15, 0.2) is 5.05 Å². The maximum absolute atomic E-state index is 8.33. The molecule has 1 N–H and O–H groups in total. The summed E-state index contributed by atoms with van der Waals surface area (Å²) in [4.78, 5) is 0. The average molecular weight is 174 g/mol. The summed E-state index contributed by atoms with van der Waals surface area (Å²) in [6.45, 7) is 0.593. The molecule has 0 aromatic heterocycles. The Morgan fingerprint density at radius 3 is 2.91 bits per heavy atom. The first kappa shape index (κ1) is 10.4. The maximum Gasteiger partial charge on any atom is 0.185 e. The molecule has 4 heteroatoms. The summed E-state index contributed by atoms with van der Waals surface area (Å²) in [5.74, 6) is 2.29. The highest BCUT2D eigenvalue weighted by Crippen LogP contribution is 1.83. The standard InChI is InChI=1S/C7H10O3S/c1-2-4-9-6-7(11)10-5-3-8/h1,8H,3-6H2. The summed E-state index contributed by atoms with van der Waals surface area (Å²) >= 11 is 4.71. The normalized spacial score (nSPS) is 8.73. The zero-order chi connectivity index (χ0) is 8.53. The van der Waals surface area contributed by atoms with Gasteiger partial charge in [0.05, 0.1) is 6.61 Å². The third-order valence-electron chi connectivity index (χ3n) is 0.760. The van der Waals surface area contributed by atoms with E-state index in [1.165, 1.54) is 0 Å². The number of rotatable bonds is 5. The van der Waals surface area contributed by atoms with Gasteiger partial charge < -0.3 is 14.6 Å². The Balaban J connectivity index is 3.17. The lowest BCUT2D eigenvalue weighted by Gasteiger charge is -2.04. The van der Waals surface area contributed by atoms with Gasteiger partial charge in [-0.15, -0.1) is 6.42 Å². The van der Waals surface area contributed by atoms with Crippen LogP contribution in [0.25, 0.3) is 0 Å². The van der Waals surface area contributed by atoms with Crippen molar-refractivity contribution < 1.29 is 14.6 Å². The van der Waals surface area contributed by atoms with Crippen LogP contribution >= 0.6 is 12.2 Å². The molecule has 62 valence electrons. The molecule has 0 amide bonds. The predicted molar refractivity (Wildman–Crippen MR) is 45.3 cm³/mol. The van der Waals surface area contributed by atoms with Crippen LogP contribution in [-0.2, 0) is 9.47 Å². The van der Waals surface area contributed by atoms with Crippen molar-refractivity contribution >= 4 is 17.3 Å². The molecule has 0 fully saturated rings. The fourth-order valence-corrected chi connectivity index (χ4v) is 0.561. The molecule has 0 aromatic carbocycles. The molecule has 0 aliphatic heterocycles. The Bertz CT molecular complexity index is 150. The van der Waals surface area contributed by atoms with Gasteiger partial charge in [-0.3, -0.25) is 0 Å². The van der Waals surface area contributed by atoms with Crippen LogP contribution in [-0.4, -0.2) is 36.6 Å². The minimum atomic E-state index is -0.0464. The number of ether oxygens (including phenoxy) is 2. The average Bonchev–Trinajstić information content (AvgIpc) is 2.01. The number of aliphatic hydroxyl groups excluding tert-OH is 1. The quantitative estimate of drug-likeness (QED) is 0.361. The third kappa shape index (κ3) is 7.26. The first-order valence-corrected chi connectivity index (χ1v) is 3.49. The van der Waals surface area contributed by atoms with E-state index in [4.69, 9.17) is 33.2 Å². The number of terminal acetylenes is 1. The molecule has 0 bridgehead atoms. The topological polar surface area (TPSA) is 38.7 Å². The van der Waals surface area contributed by atoms with Crippen LogP contribution in [0.2, 0.25) is 0 Å². The van der Waals surface area contributed by atoms with E-state index in [1.807, 2.05) is 0 Å². The molecule has 0 saturated heterocycles. The van der Waals surface area contributed by atoms with Crippen LogP contribution in [0.1, 0.15) is 0 Å². The predicted octanol–water partition coefficient (Wildman–Crippen LogP) is -0.0275. The number of hydrogen-bond acceptors (Lipinski definition) is 4. The maximum atomic E-state index is 8.33. The Hall–Kier alpha value is -0.630. The third-order valence-corrected chi connectivity index (χ3v) is 0.995. The summed E-state index contributed by atoms with van der Waals surface area (Å²) in [6.07, 6.45) is 4.92. The van der Waals surface area contributed by atoms with Gasteiger partial charge >= 0.3 is 0 Å². The second kappa shape index (κ2) is 7.48. The molecule has 3 nitrogen and oxygen atoms in total. The monoisotopic (exact) mass is 174 g/mol. The molecule has 0 aliphatic rings. The first-order valence-electron chi connectivity index (χ1n) is 3.09. The van der Waals surface area contributed by atoms with E-state index in [2.05, 4.69) is 5.92 Å². The van der Waals surface area contributed by atoms with E-state index in [1.54, 1.807) is 0 Å². The van der Waals surface area contributed by atoms with Gasteiger partial charge in [-0.05, 0) is 12.2 Å². The minimum absolute atomic E-state index is 0.0464. The molecular formula is C7H10O3S. The van der Waals surface area contributed by atoms with Gasteiger partial charge in [-0.25, -0.2) is 0 Å². The SMILES string of the molecule is C#CCOCC(=S)OCCO. The number of aliphatic hydroxyl groups is 1. The summed E-state index contributed by atoms with van der Waals surface area (Å²) < 4.78 is 9.68. The van der Waals surface area contributed by atoms with Crippen molar-refractivity contribution in [1.29, 1.82) is 0 Å². The zero-order valence-corrected chi connectivity index (χ0v) is 6.89. The lowest BCUT2D eigenvalue weighted by molar-refractivity contribution is 0.160. The Morgan fingerprint density at radius 2 is 2.36 bits per heavy atom. The summed E-state index contributed by atoms with van der Waals surface area (Å²) in [5.41, 5.74) is 0. The molecule has 0 saturated carbocycles. The van der Waals surface area contributed by atoms with E-state index in [-0.39, 0.29) is 26.4 Å². The van der Waals surface area contributed by atoms with Crippen LogP contribution in [0.3, 0.4) is 0 Å². The molecule has 11 heavy (non-hydrogen) atoms. The van der Waals surface area contributed by atoms with Gasteiger partial charge in [-0.2, -0.15) is 0 Å². The smallest absolute Gasteiger partial charge is 0.185 e. The largest absolute Gasteiger partial charge is 0.482 e. The van der Waals surface area contributed by atoms with Crippen LogP contribution < -0.4 is 0 Å². The van der Waals surface area contributed by atoms with Gasteiger partial charge in [0.2, 0.25) is 0 Å². The second-order valence-corrected chi connectivity index (χ2v) is 2.10. The highest BCUT2D eigenvalue weighted by molar-refractivity contribution is 7.80. The van der Waals surface area contributed by atoms with Crippen molar-refractivity contribution in [2.45, 2.75) is 0 Å². The fourth-order valence-electron chi connectivity index (χ4n) is 0.394. The van der Waals surface area contributed by atoms with Crippen LogP contribution in [0.5, 0.6) is 0 Å². The van der Waals surface area contributed by atoms with Crippen molar-refractivity contribution in [3.63, 3.8) is 0 Å². The molecular weight excluding hydrogens is 164 g/mol. The van der Waals surface area contributed by atoms with E-state index >= 15 is 0 Å². The van der Waals surface area contributed by atoms with E-state index in [0.717, 1.165) is 0 Å². The summed E-state index contributed by atoms with van der Waals surface area (Å²) in [6, 6.07) is 0. The van der Waals surface area contributed by atoms with Gasteiger partial charge in [0.1, 0.15) is 19.8 Å². The van der Waals surface area contributed by atoms with E-state index < -0.39 is 0 Å². The van der Waals surface area contributed by atoms with Crippen molar-refractivity contribution in [2.75, 3.05) is 26.4 Å². The molecule has 0 rings (SSSR count). The van der Waals surface area contributed by atoms with Crippen molar-refractivity contribution in [3.05, 3.63) is 0 Å². The highest BCUT2D eigenvalue weighted by Gasteiger charge is 1.95. The molecule has 0 atom stereocenters. The second-order valence-electron chi connectivity index (χ2n) is 1.64. The van der Waals surface area contributed by atoms with Crippen molar-refractivity contribution in [1.82, 2.24) is 0 Å². The number of thiocarbonyl (C=S) groups is 1. The lowest BCUT2D eigenvalue weighted by atomic mass is 10.7. The zero-order valence-electron chi connectivity index (χ0n) is 6.08. The molecule has 0 heterocycles. The van der Waals surface area contributed by atoms with Crippen molar-refractivity contribution in [3.8, 4) is 12.3 Å². The Labute approximate surface area is 71.3 Å². The highest BCUT2D eigenvalue weighted by atomic mass is 32.1. The summed E-state index contributed by atoms with van der Waals surface area (Å²) in [7, 11) is 0.